The molecule has 1 saturated carbocycles. The van der Waals surface area contributed by atoms with Crippen molar-refractivity contribution in [3.63, 3.8) is 0 Å². The lowest BCUT2D eigenvalue weighted by Gasteiger charge is -2.26. The molecule has 180 valence electrons. The fraction of sp³-hybridized carbons (Fsp3) is 0.560. The fourth-order valence-corrected chi connectivity index (χ4v) is 3.95. The Hall–Kier alpha value is -3.03. The van der Waals surface area contributed by atoms with Crippen molar-refractivity contribution in [2.45, 2.75) is 72.8 Å². The lowest BCUT2D eigenvalue weighted by atomic mass is 9.98. The van der Waals surface area contributed by atoms with Crippen molar-refractivity contribution >= 4 is 29.8 Å². The molecule has 8 nitrogen and oxygen atoms in total. The van der Waals surface area contributed by atoms with Gasteiger partial charge < -0.3 is 10.3 Å². The number of aliphatic imine (C=N–C) groups is 2. The topological polar surface area (TPSA) is 110 Å². The first-order valence-corrected chi connectivity index (χ1v) is 11.8. The summed E-state index contributed by atoms with van der Waals surface area (Å²) in [5.41, 5.74) is 3.78. The van der Waals surface area contributed by atoms with Crippen molar-refractivity contribution in [1.82, 2.24) is 15.5 Å². The van der Waals surface area contributed by atoms with Crippen LogP contribution in [0.5, 0.6) is 0 Å². The molecule has 0 aromatic rings. The van der Waals surface area contributed by atoms with Crippen LogP contribution >= 0.6 is 0 Å². The first kappa shape index (κ1) is 26.2. The van der Waals surface area contributed by atoms with Crippen molar-refractivity contribution < 1.29 is 9.59 Å². The second-order valence-electron chi connectivity index (χ2n) is 8.84. The summed E-state index contributed by atoms with van der Waals surface area (Å²) in [5.74, 6) is 0.507. The van der Waals surface area contributed by atoms with E-state index in [4.69, 9.17) is 10.4 Å². The van der Waals surface area contributed by atoms with E-state index in [0.29, 0.717) is 30.3 Å². The lowest BCUT2D eigenvalue weighted by Crippen LogP contribution is -2.50. The molecule has 2 rings (SSSR count). The Morgan fingerprint density at radius 3 is 2.61 bits per heavy atom. The predicted octanol–water partition coefficient (Wildman–Crippen LogP) is 4.36. The van der Waals surface area contributed by atoms with Crippen LogP contribution in [0.3, 0.4) is 0 Å². The normalized spacial score (nSPS) is 20.3. The zero-order valence-corrected chi connectivity index (χ0v) is 20.6. The highest BCUT2D eigenvalue weighted by atomic mass is 16.2. The minimum atomic E-state index is -0.370. The van der Waals surface area contributed by atoms with Crippen LogP contribution in [0.1, 0.15) is 66.7 Å². The molecular weight excluding hydrogens is 416 g/mol. The number of allylic oxidation sites excluding steroid dienone is 5. The number of carbonyl (C=O) groups excluding carboxylic acids is 2. The van der Waals surface area contributed by atoms with Crippen LogP contribution in [-0.4, -0.2) is 53.9 Å². The van der Waals surface area contributed by atoms with E-state index in [9.17, 15) is 9.59 Å². The minimum absolute atomic E-state index is 0.0609. The molecule has 3 N–H and O–H groups in total. The van der Waals surface area contributed by atoms with Crippen LogP contribution in [-0.2, 0) is 4.79 Å². The van der Waals surface area contributed by atoms with Crippen LogP contribution in [0.15, 0.2) is 45.1 Å². The van der Waals surface area contributed by atoms with Gasteiger partial charge in [-0.15, -0.1) is 0 Å². The van der Waals surface area contributed by atoms with Crippen molar-refractivity contribution in [3.8, 4) is 0 Å². The summed E-state index contributed by atoms with van der Waals surface area (Å²) in [5, 5.41) is 13.1. The van der Waals surface area contributed by atoms with Gasteiger partial charge in [-0.25, -0.2) is 9.79 Å². The van der Waals surface area contributed by atoms with Gasteiger partial charge in [0.1, 0.15) is 0 Å². The average molecular weight is 455 g/mol. The van der Waals surface area contributed by atoms with Crippen molar-refractivity contribution in [1.29, 1.82) is 5.41 Å². The van der Waals surface area contributed by atoms with E-state index in [1.54, 1.807) is 11.8 Å². The van der Waals surface area contributed by atoms with Gasteiger partial charge in [0.05, 0.1) is 18.0 Å². The van der Waals surface area contributed by atoms with Gasteiger partial charge in [0, 0.05) is 18.3 Å². The van der Waals surface area contributed by atoms with Gasteiger partial charge in [-0.05, 0) is 76.2 Å². The van der Waals surface area contributed by atoms with Crippen LogP contribution in [0.25, 0.3) is 0 Å². The number of nitrogens with zero attached hydrogens (tertiary/aromatic N) is 3. The molecule has 2 aliphatic rings. The quantitative estimate of drug-likeness (QED) is 0.288. The lowest BCUT2D eigenvalue weighted by molar-refractivity contribution is -0.108. The van der Waals surface area contributed by atoms with Gasteiger partial charge in [0.15, 0.2) is 0 Å². The van der Waals surface area contributed by atoms with E-state index >= 15 is 0 Å². The summed E-state index contributed by atoms with van der Waals surface area (Å²) in [7, 11) is 0. The van der Waals surface area contributed by atoms with Crippen LogP contribution in [0.4, 0.5) is 4.79 Å². The maximum Gasteiger partial charge on any atom is 0.324 e. The summed E-state index contributed by atoms with van der Waals surface area (Å²) in [4.78, 5) is 35.2. The molecule has 1 fully saturated rings. The second kappa shape index (κ2) is 12.9. The summed E-state index contributed by atoms with van der Waals surface area (Å²) >= 11 is 0. The number of guanidine groups is 1. The molecule has 33 heavy (non-hydrogen) atoms. The molecule has 2 aliphatic carbocycles. The Morgan fingerprint density at radius 1 is 1.33 bits per heavy atom. The molecule has 0 bridgehead atoms. The van der Waals surface area contributed by atoms with Gasteiger partial charge in [-0.2, -0.15) is 0 Å². The average Bonchev–Trinajstić information content (AvgIpc) is 3.27. The maximum absolute atomic E-state index is 13.0. The highest BCUT2D eigenvalue weighted by molar-refractivity contribution is 6.12. The molecule has 8 heteroatoms. The second-order valence-corrected chi connectivity index (χ2v) is 8.84. The standard InChI is InChI=1S/C25H38N6O2/c1-6-19(5)28-23-12-17(3)22(13-21(23)7-2)29-24(27-16-32)30-25(33)31(14-18(4)26)15-20-10-8-9-11-20/h7,12-13,16,19-20,26H,6,8-11,14-15H2,1-5H3,(H2,27,29,30,32,33)/b21-7-,26-18?,28-23?. The number of urea groups is 1. The molecule has 0 saturated heterocycles. The summed E-state index contributed by atoms with van der Waals surface area (Å²) in [6, 6.07) is -0.155. The Labute approximate surface area is 197 Å². The van der Waals surface area contributed by atoms with E-state index in [2.05, 4.69) is 29.5 Å². The molecule has 0 aliphatic heterocycles. The van der Waals surface area contributed by atoms with E-state index in [1.807, 2.05) is 32.1 Å². The monoisotopic (exact) mass is 454 g/mol. The Bertz CT molecular complexity index is 891. The Kier molecular flexibility index (Phi) is 10.2. The number of hydrogen-bond acceptors (Lipinski definition) is 5. The third-order valence-corrected chi connectivity index (χ3v) is 5.93. The molecule has 1 atom stereocenters. The highest BCUT2D eigenvalue weighted by Gasteiger charge is 2.23. The first-order valence-electron chi connectivity index (χ1n) is 11.8. The van der Waals surface area contributed by atoms with Crippen molar-refractivity contribution in [2.24, 2.45) is 15.9 Å². The van der Waals surface area contributed by atoms with Gasteiger partial charge in [-0.1, -0.05) is 25.8 Å². The first-order chi connectivity index (χ1) is 15.8. The number of nitrogens with one attached hydrogen (secondary N) is 3. The SMILES string of the molecule is C/C=C1/C=C(N=C(NC=O)NC(=O)N(CC(C)=N)CC2CCCC2)C(C)=CC1=NC(C)CC. The highest BCUT2D eigenvalue weighted by Crippen LogP contribution is 2.26. The zero-order chi connectivity index (χ0) is 24.4. The Balaban J connectivity index is 2.25. The molecule has 3 amide bonds. The van der Waals surface area contributed by atoms with Gasteiger partial charge in [-0.3, -0.25) is 20.4 Å². The summed E-state index contributed by atoms with van der Waals surface area (Å²) in [6.45, 7) is 10.6. The zero-order valence-electron chi connectivity index (χ0n) is 20.6. The molecule has 0 spiro atoms. The number of hydrogen-bond donors (Lipinski definition) is 3. The van der Waals surface area contributed by atoms with Gasteiger partial charge in [0.2, 0.25) is 12.4 Å². The molecular formula is C25H38N6O2. The number of carbonyl (C=O) groups is 2. The van der Waals surface area contributed by atoms with Crippen molar-refractivity contribution in [2.75, 3.05) is 13.1 Å². The third kappa shape index (κ3) is 8.11. The largest absolute Gasteiger partial charge is 0.324 e. The van der Waals surface area contributed by atoms with Crippen LogP contribution in [0.2, 0.25) is 0 Å². The molecule has 0 radical (unpaired) electrons. The van der Waals surface area contributed by atoms with Crippen LogP contribution in [0, 0.1) is 11.3 Å². The van der Waals surface area contributed by atoms with E-state index in [1.165, 1.54) is 12.8 Å². The van der Waals surface area contributed by atoms with Crippen LogP contribution < -0.4 is 10.6 Å². The summed E-state index contributed by atoms with van der Waals surface area (Å²) in [6.07, 6.45) is 11.9. The third-order valence-electron chi connectivity index (χ3n) is 5.93. The fourth-order valence-electron chi connectivity index (χ4n) is 3.95. The predicted molar refractivity (Wildman–Crippen MR) is 135 cm³/mol. The summed E-state index contributed by atoms with van der Waals surface area (Å²) < 4.78 is 0. The number of amides is 3. The molecule has 0 aromatic carbocycles. The number of rotatable bonds is 8. The minimum Gasteiger partial charge on any atom is -0.319 e. The van der Waals surface area contributed by atoms with E-state index < -0.39 is 0 Å². The maximum atomic E-state index is 13.0. The molecule has 1 unspecified atom stereocenters. The smallest absolute Gasteiger partial charge is 0.319 e. The Morgan fingerprint density at radius 2 is 2.03 bits per heavy atom. The molecule has 0 heterocycles. The van der Waals surface area contributed by atoms with Gasteiger partial charge in [0.25, 0.3) is 0 Å². The van der Waals surface area contributed by atoms with E-state index in [-0.39, 0.29) is 24.6 Å². The van der Waals surface area contributed by atoms with Gasteiger partial charge >= 0.3 is 6.03 Å². The van der Waals surface area contributed by atoms with E-state index in [0.717, 1.165) is 36.1 Å². The van der Waals surface area contributed by atoms with Crippen molar-refractivity contribution in [3.05, 3.63) is 35.1 Å². The molecule has 0 aromatic heterocycles.